The number of benzene rings is 1. The molecule has 7 nitrogen and oxygen atoms in total. The molecular weight excluding hydrogens is 364 g/mol. The van der Waals surface area contributed by atoms with Gasteiger partial charge in [0.25, 0.3) is 5.91 Å². The van der Waals surface area contributed by atoms with Crippen LogP contribution in [-0.2, 0) is 4.79 Å². The molecule has 1 aromatic heterocycles. The highest BCUT2D eigenvalue weighted by Crippen LogP contribution is 2.39. The maximum Gasteiger partial charge on any atom is 0.270 e. The minimum Gasteiger partial charge on any atom is -0.364 e. The largest absolute Gasteiger partial charge is 0.364 e. The third-order valence-electron chi connectivity index (χ3n) is 4.65. The highest BCUT2D eigenvalue weighted by atomic mass is 35.5. The molecule has 136 valence electrons. The number of nitrogens with one attached hydrogen (secondary N) is 1. The third kappa shape index (κ3) is 3.10. The van der Waals surface area contributed by atoms with Crippen LogP contribution < -0.4 is 5.73 Å². The number of carbonyl (C=O) groups is 1. The number of hydrogen-bond acceptors (Lipinski definition) is 5. The smallest absolute Gasteiger partial charge is 0.270 e. The Morgan fingerprint density at radius 1 is 1.15 bits per heavy atom. The van der Waals surface area contributed by atoms with Gasteiger partial charge < -0.3 is 10.6 Å². The average molecular weight is 381 g/mol. The topological polar surface area (TPSA) is 108 Å². The van der Waals surface area contributed by atoms with Crippen LogP contribution in [0.3, 0.4) is 0 Å². The number of nitrogens with zero attached hydrogens (tertiary/aromatic N) is 4. The summed E-state index contributed by atoms with van der Waals surface area (Å²) >= 11 is 6.20. The number of amides is 1. The number of alkyl halides is 1. The zero-order valence-corrected chi connectivity index (χ0v) is 15.0. The van der Waals surface area contributed by atoms with Gasteiger partial charge in [-0.3, -0.25) is 20.2 Å². The molecule has 0 bridgehead atoms. The van der Waals surface area contributed by atoms with Crippen LogP contribution >= 0.6 is 11.6 Å². The van der Waals surface area contributed by atoms with Crippen LogP contribution in [0.2, 0.25) is 0 Å². The van der Waals surface area contributed by atoms with Gasteiger partial charge >= 0.3 is 0 Å². The lowest BCUT2D eigenvalue weighted by molar-refractivity contribution is -0.111. The second-order valence-corrected chi connectivity index (χ2v) is 6.73. The molecule has 0 radical (unpaired) electrons. The standard InChI is InChI=1S/C19H17ClN6O/c20-16-17(21)26-14(11-6-2-1-3-7-11)10-13(12-8-4-5-9-23-12)24-19(26)15(25-16)18(22)27/h1-9,13-14,16,21H,10H2,(H2,22,27). The summed E-state index contributed by atoms with van der Waals surface area (Å²) in [6.45, 7) is 0. The molecule has 4 rings (SSSR count). The van der Waals surface area contributed by atoms with Crippen molar-refractivity contribution in [1.82, 2.24) is 9.88 Å². The molecule has 3 N–H and O–H groups in total. The summed E-state index contributed by atoms with van der Waals surface area (Å²) < 4.78 is 0. The first-order valence-corrected chi connectivity index (χ1v) is 8.93. The SMILES string of the molecule is N=C1C(Cl)N=C(C(N)=O)C2=NC(c3ccccn3)CC(c3ccccc3)N12. The fourth-order valence-corrected chi connectivity index (χ4v) is 3.63. The van der Waals surface area contributed by atoms with Gasteiger partial charge in [-0.25, -0.2) is 4.99 Å². The van der Waals surface area contributed by atoms with Gasteiger partial charge in [-0.05, 0) is 17.7 Å². The summed E-state index contributed by atoms with van der Waals surface area (Å²) in [5, 5.41) is 8.44. The van der Waals surface area contributed by atoms with Crippen LogP contribution in [0.4, 0.5) is 0 Å². The molecule has 3 heterocycles. The zero-order chi connectivity index (χ0) is 19.0. The van der Waals surface area contributed by atoms with E-state index in [2.05, 4.69) is 15.0 Å². The Balaban J connectivity index is 1.88. The van der Waals surface area contributed by atoms with Crippen molar-refractivity contribution in [1.29, 1.82) is 5.41 Å². The van der Waals surface area contributed by atoms with Gasteiger partial charge in [-0.2, -0.15) is 0 Å². The van der Waals surface area contributed by atoms with Crippen LogP contribution in [0.5, 0.6) is 0 Å². The molecule has 0 saturated heterocycles. The molecule has 27 heavy (non-hydrogen) atoms. The molecule has 2 aliphatic rings. The Kier molecular flexibility index (Phi) is 4.45. The third-order valence-corrected chi connectivity index (χ3v) is 4.96. The van der Waals surface area contributed by atoms with Crippen LogP contribution in [0, 0.1) is 5.41 Å². The van der Waals surface area contributed by atoms with Crippen LogP contribution in [0.25, 0.3) is 0 Å². The minimum absolute atomic E-state index is 0.00689. The maximum atomic E-state index is 12.0. The van der Waals surface area contributed by atoms with Crippen molar-refractivity contribution in [3.63, 3.8) is 0 Å². The number of carbonyl (C=O) groups excluding carboxylic acids is 1. The molecule has 0 saturated carbocycles. The van der Waals surface area contributed by atoms with Crippen molar-refractivity contribution < 1.29 is 4.79 Å². The number of aliphatic imine (C=N–C) groups is 2. The van der Waals surface area contributed by atoms with E-state index < -0.39 is 11.4 Å². The molecule has 3 unspecified atom stereocenters. The van der Waals surface area contributed by atoms with Crippen molar-refractivity contribution in [3.8, 4) is 0 Å². The highest BCUT2D eigenvalue weighted by molar-refractivity contribution is 6.68. The number of fused-ring (bicyclic) bond motifs is 1. The van der Waals surface area contributed by atoms with Gasteiger partial charge in [0.1, 0.15) is 5.84 Å². The normalized spacial score (nSPS) is 24.7. The second kappa shape index (κ2) is 6.92. The number of primary amides is 1. The first kappa shape index (κ1) is 17.4. The van der Waals surface area contributed by atoms with E-state index in [1.807, 2.05) is 48.5 Å². The molecule has 0 spiro atoms. The number of halogens is 1. The predicted molar refractivity (Wildman–Crippen MR) is 104 cm³/mol. The van der Waals surface area contributed by atoms with Crippen molar-refractivity contribution in [2.24, 2.45) is 15.7 Å². The number of pyridine rings is 1. The predicted octanol–water partition coefficient (Wildman–Crippen LogP) is 2.45. The van der Waals surface area contributed by atoms with E-state index in [1.54, 1.807) is 11.1 Å². The van der Waals surface area contributed by atoms with Gasteiger partial charge in [0, 0.05) is 12.6 Å². The van der Waals surface area contributed by atoms with Crippen LogP contribution in [-0.4, -0.2) is 38.7 Å². The lowest BCUT2D eigenvalue weighted by Gasteiger charge is -2.42. The Morgan fingerprint density at radius 3 is 2.56 bits per heavy atom. The maximum absolute atomic E-state index is 12.0. The number of rotatable bonds is 3. The number of amidine groups is 2. The molecule has 1 amide bonds. The molecule has 0 fully saturated rings. The van der Waals surface area contributed by atoms with Gasteiger partial charge in [0.15, 0.2) is 17.0 Å². The van der Waals surface area contributed by atoms with Gasteiger partial charge in [-0.1, -0.05) is 48.0 Å². The Labute approximate surface area is 161 Å². The fourth-order valence-electron chi connectivity index (χ4n) is 3.43. The summed E-state index contributed by atoms with van der Waals surface area (Å²) in [5.41, 5.74) is 6.32. The lowest BCUT2D eigenvalue weighted by Crippen LogP contribution is -2.55. The molecule has 0 aliphatic carbocycles. The first-order chi connectivity index (χ1) is 13.1. The fraction of sp³-hybridized carbons (Fsp3) is 0.211. The summed E-state index contributed by atoms with van der Waals surface area (Å²) in [6.07, 6.45) is 2.29. The van der Waals surface area contributed by atoms with Crippen LogP contribution in [0.1, 0.15) is 29.8 Å². The number of hydrogen-bond donors (Lipinski definition) is 2. The summed E-state index contributed by atoms with van der Waals surface area (Å²) in [5.74, 6) is -0.362. The molecule has 1 aromatic carbocycles. The van der Waals surface area contributed by atoms with E-state index in [9.17, 15) is 4.79 Å². The number of nitrogens with two attached hydrogens (primary N) is 1. The first-order valence-electron chi connectivity index (χ1n) is 8.49. The summed E-state index contributed by atoms with van der Waals surface area (Å²) in [6, 6.07) is 14.9. The molecule has 2 aliphatic heterocycles. The van der Waals surface area contributed by atoms with Crippen molar-refractivity contribution >= 4 is 34.9 Å². The zero-order valence-electron chi connectivity index (χ0n) is 14.3. The van der Waals surface area contributed by atoms with Gasteiger partial charge in [-0.15, -0.1) is 0 Å². The summed E-state index contributed by atoms with van der Waals surface area (Å²) in [7, 11) is 0. The number of aromatic nitrogens is 1. The quantitative estimate of drug-likeness (QED) is 0.630. The van der Waals surface area contributed by atoms with E-state index in [0.717, 1.165) is 11.3 Å². The van der Waals surface area contributed by atoms with Crippen molar-refractivity contribution in [3.05, 3.63) is 66.0 Å². The lowest BCUT2D eigenvalue weighted by atomic mass is 9.92. The van der Waals surface area contributed by atoms with Gasteiger partial charge in [0.05, 0.1) is 17.8 Å². The Hall–Kier alpha value is -3.06. The minimum atomic E-state index is -0.982. The molecular formula is C19H17ClN6O. The molecule has 2 aromatic rings. The van der Waals surface area contributed by atoms with Crippen molar-refractivity contribution in [2.75, 3.05) is 0 Å². The average Bonchev–Trinajstić information content (AvgIpc) is 2.71. The highest BCUT2D eigenvalue weighted by Gasteiger charge is 2.42. The van der Waals surface area contributed by atoms with E-state index in [0.29, 0.717) is 6.42 Å². The second-order valence-electron chi connectivity index (χ2n) is 6.32. The summed E-state index contributed by atoms with van der Waals surface area (Å²) in [4.78, 5) is 26.8. The van der Waals surface area contributed by atoms with E-state index in [1.165, 1.54) is 0 Å². The molecule has 8 heteroatoms. The van der Waals surface area contributed by atoms with Gasteiger partial charge in [0.2, 0.25) is 0 Å². The van der Waals surface area contributed by atoms with E-state index in [4.69, 9.17) is 22.7 Å². The monoisotopic (exact) mass is 380 g/mol. The van der Waals surface area contributed by atoms with E-state index >= 15 is 0 Å². The van der Waals surface area contributed by atoms with Crippen LogP contribution in [0.15, 0.2) is 64.7 Å². The van der Waals surface area contributed by atoms with E-state index in [-0.39, 0.29) is 29.5 Å². The molecule has 3 atom stereocenters. The van der Waals surface area contributed by atoms with Crippen molar-refractivity contribution in [2.45, 2.75) is 24.0 Å². The Morgan fingerprint density at radius 2 is 1.89 bits per heavy atom. The Bertz CT molecular complexity index is 943.